The molecule has 2 aliphatic heterocycles. The van der Waals surface area contributed by atoms with Gasteiger partial charge in [-0.15, -0.1) is 0 Å². The van der Waals surface area contributed by atoms with Crippen molar-refractivity contribution in [2.45, 2.75) is 39.5 Å². The summed E-state index contributed by atoms with van der Waals surface area (Å²) in [5.41, 5.74) is 0. The van der Waals surface area contributed by atoms with Crippen LogP contribution in [0.2, 0.25) is 0 Å². The van der Waals surface area contributed by atoms with E-state index in [1.54, 1.807) is 19.0 Å². The van der Waals surface area contributed by atoms with Crippen molar-refractivity contribution in [1.82, 2.24) is 20.0 Å². The molecule has 0 aromatic carbocycles. The van der Waals surface area contributed by atoms with Crippen LogP contribution in [0.4, 0.5) is 0 Å². The molecule has 0 radical (unpaired) electrons. The summed E-state index contributed by atoms with van der Waals surface area (Å²) >= 11 is 0. The highest BCUT2D eigenvalue weighted by Crippen LogP contribution is 2.20. The Hall–Kier alpha value is -1.30. The lowest BCUT2D eigenvalue weighted by Crippen LogP contribution is -2.43. The second-order valence-corrected chi connectivity index (χ2v) is 8.16. The highest BCUT2D eigenvalue weighted by atomic mass is 16.2. The van der Waals surface area contributed by atoms with Crippen LogP contribution in [0.1, 0.15) is 39.5 Å². The van der Waals surface area contributed by atoms with Gasteiger partial charge in [0.15, 0.2) is 5.96 Å². The Labute approximate surface area is 153 Å². The molecule has 1 N–H and O–H groups in total. The number of hydrogen-bond acceptors (Lipinski definition) is 3. The van der Waals surface area contributed by atoms with E-state index in [1.807, 2.05) is 0 Å². The third-order valence-electron chi connectivity index (χ3n) is 5.08. The van der Waals surface area contributed by atoms with E-state index < -0.39 is 0 Å². The first-order valence-corrected chi connectivity index (χ1v) is 9.91. The lowest BCUT2D eigenvalue weighted by molar-refractivity contribution is -0.127. The van der Waals surface area contributed by atoms with Crippen LogP contribution in [0.25, 0.3) is 0 Å². The Balaban J connectivity index is 1.89. The van der Waals surface area contributed by atoms with E-state index in [0.29, 0.717) is 11.8 Å². The Morgan fingerprint density at radius 3 is 2.56 bits per heavy atom. The summed E-state index contributed by atoms with van der Waals surface area (Å²) in [6.45, 7) is 11.3. The maximum absolute atomic E-state index is 11.9. The number of rotatable bonds is 6. The molecule has 2 saturated heterocycles. The van der Waals surface area contributed by atoms with Gasteiger partial charge in [-0.3, -0.25) is 4.79 Å². The summed E-state index contributed by atoms with van der Waals surface area (Å²) in [6, 6.07) is 0. The molecule has 1 amide bonds. The van der Waals surface area contributed by atoms with Crippen LogP contribution < -0.4 is 5.32 Å². The third kappa shape index (κ3) is 6.84. The zero-order chi connectivity index (χ0) is 18.2. The molecule has 2 fully saturated rings. The summed E-state index contributed by atoms with van der Waals surface area (Å²) in [5, 5.41) is 3.47. The second-order valence-electron chi connectivity index (χ2n) is 8.16. The van der Waals surface area contributed by atoms with Gasteiger partial charge in [0.2, 0.25) is 5.91 Å². The van der Waals surface area contributed by atoms with Crippen molar-refractivity contribution >= 4 is 11.9 Å². The van der Waals surface area contributed by atoms with Crippen LogP contribution >= 0.6 is 0 Å². The topological polar surface area (TPSA) is 51.2 Å². The number of aliphatic imine (C=N–C) groups is 1. The zero-order valence-electron chi connectivity index (χ0n) is 16.6. The largest absolute Gasteiger partial charge is 0.356 e. The maximum atomic E-state index is 11.9. The first kappa shape index (κ1) is 20.0. The van der Waals surface area contributed by atoms with E-state index in [2.05, 4.69) is 34.0 Å². The molecule has 0 saturated carbocycles. The summed E-state index contributed by atoms with van der Waals surface area (Å²) in [4.78, 5) is 23.1. The molecule has 0 aliphatic carbocycles. The molecule has 0 spiro atoms. The predicted molar refractivity (Wildman–Crippen MR) is 104 cm³/mol. The molecular weight excluding hydrogens is 314 g/mol. The smallest absolute Gasteiger partial charge is 0.243 e. The Bertz CT molecular complexity index is 443. The van der Waals surface area contributed by atoms with Crippen molar-refractivity contribution in [3.8, 4) is 0 Å². The summed E-state index contributed by atoms with van der Waals surface area (Å²) in [6.07, 6.45) is 5.32. The van der Waals surface area contributed by atoms with Crippen molar-refractivity contribution in [2.75, 3.05) is 59.9 Å². The van der Waals surface area contributed by atoms with E-state index in [4.69, 9.17) is 0 Å². The zero-order valence-corrected chi connectivity index (χ0v) is 16.6. The molecule has 2 aliphatic rings. The number of piperidine rings is 1. The lowest BCUT2D eigenvalue weighted by Gasteiger charge is -2.29. The van der Waals surface area contributed by atoms with Gasteiger partial charge >= 0.3 is 0 Å². The number of nitrogens with one attached hydrogen (secondary N) is 1. The molecule has 1 unspecified atom stereocenters. The van der Waals surface area contributed by atoms with E-state index in [-0.39, 0.29) is 12.5 Å². The van der Waals surface area contributed by atoms with Crippen molar-refractivity contribution in [3.63, 3.8) is 0 Å². The van der Waals surface area contributed by atoms with Crippen LogP contribution in [0.15, 0.2) is 4.99 Å². The minimum Gasteiger partial charge on any atom is -0.356 e. The molecule has 0 aromatic heterocycles. The van der Waals surface area contributed by atoms with E-state index >= 15 is 0 Å². The molecule has 1 atom stereocenters. The Morgan fingerprint density at radius 1 is 1.20 bits per heavy atom. The minimum absolute atomic E-state index is 0.0490. The average molecular weight is 352 g/mol. The minimum atomic E-state index is 0.0490. The number of guanidine groups is 1. The molecule has 6 heteroatoms. The number of carbonyl (C=O) groups is 1. The van der Waals surface area contributed by atoms with Gasteiger partial charge in [0, 0.05) is 40.3 Å². The molecule has 144 valence electrons. The van der Waals surface area contributed by atoms with Crippen LogP contribution in [-0.4, -0.2) is 86.5 Å². The first-order chi connectivity index (χ1) is 12.0. The van der Waals surface area contributed by atoms with Crippen LogP contribution in [0.5, 0.6) is 0 Å². The van der Waals surface area contributed by atoms with Gasteiger partial charge in [0.05, 0.1) is 0 Å². The summed E-state index contributed by atoms with van der Waals surface area (Å²) in [5.74, 6) is 2.23. The molecule has 2 rings (SSSR count). The van der Waals surface area contributed by atoms with Crippen molar-refractivity contribution in [3.05, 3.63) is 0 Å². The SMILES string of the molecule is CC(C)CNC(=NCC(=O)N(C)C)N1CCC(CN2CCCCC2)C1. The summed E-state index contributed by atoms with van der Waals surface area (Å²) in [7, 11) is 3.56. The standard InChI is InChI=1S/C19H37N5O/c1-16(2)12-20-19(21-13-18(25)22(3)4)24-11-8-17(15-24)14-23-9-6-5-7-10-23/h16-17H,5-15H2,1-4H3,(H,20,21). The summed E-state index contributed by atoms with van der Waals surface area (Å²) < 4.78 is 0. The quantitative estimate of drug-likeness (QED) is 0.582. The Kier molecular flexibility index (Phi) is 8.00. The monoisotopic (exact) mass is 351 g/mol. The molecule has 2 heterocycles. The van der Waals surface area contributed by atoms with E-state index in [1.165, 1.54) is 45.3 Å². The normalized spacial score (nSPS) is 22.5. The van der Waals surface area contributed by atoms with Gasteiger partial charge in [0.1, 0.15) is 6.54 Å². The van der Waals surface area contributed by atoms with Crippen LogP contribution in [0, 0.1) is 11.8 Å². The fourth-order valence-corrected chi connectivity index (χ4v) is 3.53. The van der Waals surface area contributed by atoms with Crippen LogP contribution in [-0.2, 0) is 4.79 Å². The van der Waals surface area contributed by atoms with Gasteiger partial charge in [-0.25, -0.2) is 4.99 Å². The number of nitrogens with zero attached hydrogens (tertiary/aromatic N) is 4. The van der Waals surface area contributed by atoms with Gasteiger partial charge < -0.3 is 20.0 Å². The van der Waals surface area contributed by atoms with Crippen molar-refractivity contribution < 1.29 is 4.79 Å². The number of carbonyl (C=O) groups excluding carboxylic acids is 1. The lowest BCUT2D eigenvalue weighted by atomic mass is 10.1. The number of hydrogen-bond donors (Lipinski definition) is 1. The maximum Gasteiger partial charge on any atom is 0.243 e. The first-order valence-electron chi connectivity index (χ1n) is 9.91. The van der Waals surface area contributed by atoms with Gasteiger partial charge in [-0.1, -0.05) is 20.3 Å². The van der Waals surface area contributed by atoms with Gasteiger partial charge in [0.25, 0.3) is 0 Å². The predicted octanol–water partition coefficient (Wildman–Crippen LogP) is 1.48. The van der Waals surface area contributed by atoms with Gasteiger partial charge in [-0.05, 0) is 44.2 Å². The van der Waals surface area contributed by atoms with Crippen molar-refractivity contribution in [1.29, 1.82) is 0 Å². The fourth-order valence-electron chi connectivity index (χ4n) is 3.53. The molecular formula is C19H37N5O. The Morgan fingerprint density at radius 2 is 1.92 bits per heavy atom. The number of likely N-dealkylation sites (N-methyl/N-ethyl adjacent to an activating group) is 1. The van der Waals surface area contributed by atoms with Crippen LogP contribution in [0.3, 0.4) is 0 Å². The second kappa shape index (κ2) is 10.00. The van der Waals surface area contributed by atoms with E-state index in [9.17, 15) is 4.79 Å². The molecule has 0 bridgehead atoms. The van der Waals surface area contributed by atoms with E-state index in [0.717, 1.165) is 25.6 Å². The van der Waals surface area contributed by atoms with Gasteiger partial charge in [-0.2, -0.15) is 0 Å². The average Bonchev–Trinajstić information content (AvgIpc) is 3.03. The van der Waals surface area contributed by atoms with Crippen molar-refractivity contribution in [2.24, 2.45) is 16.8 Å². The number of amides is 1. The molecule has 25 heavy (non-hydrogen) atoms. The highest BCUT2D eigenvalue weighted by molar-refractivity contribution is 5.85. The fraction of sp³-hybridized carbons (Fsp3) is 0.895. The molecule has 6 nitrogen and oxygen atoms in total. The highest BCUT2D eigenvalue weighted by Gasteiger charge is 2.27. The number of likely N-dealkylation sites (tertiary alicyclic amines) is 2. The third-order valence-corrected chi connectivity index (χ3v) is 5.08. The molecule has 0 aromatic rings.